The Balaban J connectivity index is 0.00000400. The van der Waals surface area contributed by atoms with E-state index in [0.29, 0.717) is 18.5 Å². The van der Waals surface area contributed by atoms with E-state index < -0.39 is 14.9 Å². The topological polar surface area (TPSA) is 123 Å². The van der Waals surface area contributed by atoms with Gasteiger partial charge in [0.25, 0.3) is 0 Å². The zero-order valence-corrected chi connectivity index (χ0v) is 13.2. The third-order valence-electron chi connectivity index (χ3n) is 3.25. The van der Waals surface area contributed by atoms with Gasteiger partial charge in [-0.1, -0.05) is 36.9 Å². The molecule has 21 heavy (non-hydrogen) atoms. The number of benzene rings is 1. The first kappa shape index (κ1) is 19.3. The molecule has 6 nitrogen and oxygen atoms in total. The van der Waals surface area contributed by atoms with Crippen molar-refractivity contribution in [2.75, 3.05) is 6.54 Å². The number of quaternary nitrogens is 1. The number of carbonyl (C=O) groups is 1. The van der Waals surface area contributed by atoms with Crippen molar-refractivity contribution >= 4 is 16.0 Å². The van der Waals surface area contributed by atoms with Crippen molar-refractivity contribution in [1.82, 2.24) is 11.5 Å². The average Bonchev–Trinajstić information content (AvgIpc) is 2.42. The van der Waals surface area contributed by atoms with Gasteiger partial charge in [0.1, 0.15) is 10.1 Å². The predicted octanol–water partition coefficient (Wildman–Crippen LogP) is 1.91. The molecule has 0 spiro atoms. The molecule has 0 radical (unpaired) electrons. The zero-order chi connectivity index (χ0) is 15.2. The highest BCUT2D eigenvalue weighted by Crippen LogP contribution is 2.33. The van der Waals surface area contributed by atoms with Crippen LogP contribution in [-0.2, 0) is 19.7 Å². The van der Waals surface area contributed by atoms with Crippen molar-refractivity contribution in [3.8, 4) is 0 Å². The van der Waals surface area contributed by atoms with Crippen LogP contribution in [0.4, 0.5) is 0 Å². The monoisotopic (exact) mass is 314 g/mol. The second kappa shape index (κ2) is 7.92. The number of rotatable bonds is 7. The van der Waals surface area contributed by atoms with E-state index in [1.165, 1.54) is 6.92 Å². The van der Waals surface area contributed by atoms with E-state index in [9.17, 15) is 17.8 Å². The standard InChI is InChI=1S/C14H19NO4S.H3N/c1-3-13(16)15-11-7-10-14(2,20(17,18)19)12-8-5-4-6-9-12;/h3-6,8-9H,1,7,10-11H2,2H3,(H,15,16)(H,17,18,19);1H3. The van der Waals surface area contributed by atoms with E-state index in [-0.39, 0.29) is 18.5 Å². The van der Waals surface area contributed by atoms with E-state index in [2.05, 4.69) is 11.9 Å². The van der Waals surface area contributed by atoms with Crippen molar-refractivity contribution < 1.29 is 17.8 Å². The van der Waals surface area contributed by atoms with Crippen LogP contribution in [0.25, 0.3) is 0 Å². The molecule has 1 aromatic carbocycles. The summed E-state index contributed by atoms with van der Waals surface area (Å²) in [5.41, 5.74) is 0.463. The molecule has 0 aliphatic rings. The number of amides is 1. The van der Waals surface area contributed by atoms with Crippen LogP contribution < -0.4 is 11.5 Å². The third kappa shape index (κ3) is 4.96. The fraction of sp³-hybridized carbons (Fsp3) is 0.357. The normalized spacial score (nSPS) is 13.6. The Morgan fingerprint density at radius 2 is 1.95 bits per heavy atom. The van der Waals surface area contributed by atoms with Crippen LogP contribution in [0.1, 0.15) is 25.3 Å². The molecule has 0 fully saturated rings. The highest BCUT2D eigenvalue weighted by molar-refractivity contribution is 7.86. The molecule has 0 bridgehead atoms. The molecule has 7 heteroatoms. The van der Waals surface area contributed by atoms with Gasteiger partial charge in [-0.2, -0.15) is 0 Å². The van der Waals surface area contributed by atoms with Crippen molar-refractivity contribution in [2.24, 2.45) is 0 Å². The van der Waals surface area contributed by atoms with Crippen molar-refractivity contribution in [2.45, 2.75) is 24.5 Å². The second-order valence-electron chi connectivity index (χ2n) is 4.65. The fourth-order valence-electron chi connectivity index (χ4n) is 1.91. The van der Waals surface area contributed by atoms with E-state index >= 15 is 0 Å². The van der Waals surface area contributed by atoms with Crippen LogP contribution in [-0.4, -0.2) is 25.4 Å². The number of hydrogen-bond acceptors (Lipinski definition) is 4. The molecule has 0 heterocycles. The largest absolute Gasteiger partial charge is 0.747 e. The van der Waals surface area contributed by atoms with Gasteiger partial charge in [0.15, 0.2) is 0 Å². The Morgan fingerprint density at radius 1 is 1.38 bits per heavy atom. The van der Waals surface area contributed by atoms with Crippen LogP contribution in [0, 0.1) is 0 Å². The van der Waals surface area contributed by atoms with Gasteiger partial charge in [-0.3, -0.25) is 4.79 Å². The molecule has 1 aromatic rings. The zero-order valence-electron chi connectivity index (χ0n) is 12.3. The van der Waals surface area contributed by atoms with Gasteiger partial charge in [0.2, 0.25) is 5.91 Å². The Labute approximate surface area is 125 Å². The summed E-state index contributed by atoms with van der Waals surface area (Å²) >= 11 is 0. The van der Waals surface area contributed by atoms with E-state index in [1.807, 2.05) is 0 Å². The molecule has 1 unspecified atom stereocenters. The highest BCUT2D eigenvalue weighted by atomic mass is 32.2. The minimum atomic E-state index is -4.51. The Hall–Kier alpha value is -1.70. The van der Waals surface area contributed by atoms with E-state index in [0.717, 1.165) is 6.08 Å². The molecule has 0 saturated heterocycles. The molecule has 0 aliphatic carbocycles. The lowest BCUT2D eigenvalue weighted by molar-refractivity contribution is -0.116. The summed E-state index contributed by atoms with van der Waals surface area (Å²) in [6.45, 7) is 5.03. The van der Waals surface area contributed by atoms with E-state index in [4.69, 9.17) is 0 Å². The molecular weight excluding hydrogens is 292 g/mol. The van der Waals surface area contributed by atoms with Crippen LogP contribution >= 0.6 is 0 Å². The van der Waals surface area contributed by atoms with Crippen molar-refractivity contribution in [3.05, 3.63) is 48.6 Å². The summed E-state index contributed by atoms with van der Waals surface area (Å²) in [5, 5.41) is 2.55. The van der Waals surface area contributed by atoms with Gasteiger partial charge in [-0.05, 0) is 31.4 Å². The molecular formula is C14H22N2O4S. The van der Waals surface area contributed by atoms with Crippen LogP contribution in [0.3, 0.4) is 0 Å². The summed E-state index contributed by atoms with van der Waals surface area (Å²) in [7, 11) is -4.51. The smallest absolute Gasteiger partial charge is 0.243 e. The molecule has 1 amide bonds. The molecule has 0 saturated carbocycles. The Bertz CT molecular complexity index is 572. The lowest BCUT2D eigenvalue weighted by atomic mass is 9.95. The molecule has 1 rings (SSSR count). The van der Waals surface area contributed by atoms with Crippen LogP contribution in [0.2, 0.25) is 0 Å². The minimum Gasteiger partial charge on any atom is -0.747 e. The number of nitrogens with one attached hydrogen (secondary N) is 1. The summed E-state index contributed by atoms with van der Waals surface area (Å²) in [5.74, 6) is -0.323. The van der Waals surface area contributed by atoms with Gasteiger partial charge in [0.05, 0.1) is 4.75 Å². The first-order chi connectivity index (χ1) is 9.31. The van der Waals surface area contributed by atoms with Gasteiger partial charge in [-0.15, -0.1) is 0 Å². The maximum atomic E-state index is 11.6. The van der Waals surface area contributed by atoms with Crippen LogP contribution in [0.15, 0.2) is 43.0 Å². The van der Waals surface area contributed by atoms with Gasteiger partial charge < -0.3 is 16.0 Å². The molecule has 5 N–H and O–H groups in total. The first-order valence-corrected chi connectivity index (χ1v) is 7.63. The first-order valence-electron chi connectivity index (χ1n) is 6.22. The highest BCUT2D eigenvalue weighted by Gasteiger charge is 2.33. The number of carbonyl (C=O) groups excluding carboxylic acids is 1. The summed E-state index contributed by atoms with van der Waals surface area (Å²) in [6, 6.07) is 8.39. The minimum absolute atomic E-state index is 0. The second-order valence-corrected chi connectivity index (χ2v) is 6.46. The van der Waals surface area contributed by atoms with Gasteiger partial charge in [0, 0.05) is 6.54 Å². The van der Waals surface area contributed by atoms with Crippen molar-refractivity contribution in [1.29, 1.82) is 0 Å². The Morgan fingerprint density at radius 3 is 2.43 bits per heavy atom. The maximum absolute atomic E-state index is 11.6. The third-order valence-corrected chi connectivity index (χ3v) is 4.79. The van der Waals surface area contributed by atoms with Gasteiger partial charge in [-0.25, -0.2) is 8.42 Å². The summed E-state index contributed by atoms with van der Waals surface area (Å²) < 4.78 is 33.2. The van der Waals surface area contributed by atoms with E-state index in [1.54, 1.807) is 30.3 Å². The molecule has 118 valence electrons. The molecule has 0 aliphatic heterocycles. The maximum Gasteiger partial charge on any atom is 0.243 e. The molecule has 1 atom stereocenters. The van der Waals surface area contributed by atoms with Crippen molar-refractivity contribution in [3.63, 3.8) is 0 Å². The Kier molecular flexibility index (Phi) is 7.28. The fourth-order valence-corrected chi connectivity index (χ4v) is 2.73. The quantitative estimate of drug-likeness (QED) is 0.453. The predicted molar refractivity (Wildman–Crippen MR) is 81.9 cm³/mol. The molecule has 0 aromatic heterocycles. The van der Waals surface area contributed by atoms with Crippen LogP contribution in [0.5, 0.6) is 0 Å². The SMILES string of the molecule is C=CC(=O)NCCCC(C)(c1ccccc1)S(=O)(=O)[O-].[NH4+]. The van der Waals surface area contributed by atoms with Gasteiger partial charge >= 0.3 is 0 Å². The summed E-state index contributed by atoms with van der Waals surface area (Å²) in [6.07, 6.45) is 1.66. The summed E-state index contributed by atoms with van der Waals surface area (Å²) in [4.78, 5) is 11.0. The lowest BCUT2D eigenvalue weighted by Gasteiger charge is -2.33. The lowest BCUT2D eigenvalue weighted by Crippen LogP contribution is -2.34. The average molecular weight is 314 g/mol. The number of hydrogen-bond donors (Lipinski definition) is 2.